The Kier molecular flexibility index (Phi) is 6.86. The van der Waals surface area contributed by atoms with E-state index >= 15 is 0 Å². The Morgan fingerprint density at radius 2 is 1.58 bits per heavy atom. The maximum atomic E-state index is 12.2. The molecule has 0 aliphatic carbocycles. The van der Waals surface area contributed by atoms with Crippen LogP contribution in [0.25, 0.3) is 0 Å². The van der Waals surface area contributed by atoms with Crippen molar-refractivity contribution in [3.8, 4) is 17.2 Å². The topological polar surface area (TPSA) is 73.9 Å². The number of rotatable bonds is 8. The van der Waals surface area contributed by atoms with Crippen LogP contribution in [0.2, 0.25) is 5.02 Å². The Morgan fingerprint density at radius 3 is 2.12 bits per heavy atom. The molecule has 0 radical (unpaired) electrons. The molecule has 0 spiro atoms. The molecule has 2 rings (SSSR count). The van der Waals surface area contributed by atoms with Crippen LogP contribution in [0.1, 0.15) is 23.2 Å². The average molecular weight is 378 g/mol. The predicted octanol–water partition coefficient (Wildman–Crippen LogP) is 3.97. The van der Waals surface area contributed by atoms with E-state index in [1.807, 2.05) is 0 Å². The van der Waals surface area contributed by atoms with E-state index < -0.39 is 0 Å². The molecule has 0 bridgehead atoms. The van der Waals surface area contributed by atoms with Crippen LogP contribution in [0.15, 0.2) is 36.4 Å². The molecule has 7 heteroatoms. The first-order valence-electron chi connectivity index (χ1n) is 7.87. The first-order valence-corrected chi connectivity index (χ1v) is 8.25. The Labute approximate surface area is 157 Å². The number of anilines is 1. The lowest BCUT2D eigenvalue weighted by Gasteiger charge is -2.14. The second kappa shape index (κ2) is 9.10. The largest absolute Gasteiger partial charge is 0.493 e. The Hall–Kier alpha value is -2.73. The fourth-order valence-corrected chi connectivity index (χ4v) is 2.67. The van der Waals surface area contributed by atoms with E-state index in [0.717, 1.165) is 0 Å². The lowest BCUT2D eigenvalue weighted by atomic mass is 10.1. The molecule has 138 valence electrons. The molecule has 0 unspecified atom stereocenters. The van der Waals surface area contributed by atoms with Crippen LogP contribution in [0, 0.1) is 0 Å². The number of Topliss-reactive ketones (excluding diaryl/α,β-unsaturated/α-hetero) is 1. The highest BCUT2D eigenvalue weighted by atomic mass is 35.5. The van der Waals surface area contributed by atoms with Gasteiger partial charge in [0.05, 0.1) is 26.4 Å². The van der Waals surface area contributed by atoms with Gasteiger partial charge < -0.3 is 19.5 Å². The van der Waals surface area contributed by atoms with Gasteiger partial charge in [0.2, 0.25) is 11.7 Å². The molecular weight excluding hydrogens is 358 g/mol. The van der Waals surface area contributed by atoms with Gasteiger partial charge >= 0.3 is 0 Å². The van der Waals surface area contributed by atoms with E-state index in [1.165, 1.54) is 21.3 Å². The molecule has 0 saturated heterocycles. The van der Waals surface area contributed by atoms with Gasteiger partial charge in [-0.2, -0.15) is 0 Å². The smallest absolute Gasteiger partial charge is 0.224 e. The summed E-state index contributed by atoms with van der Waals surface area (Å²) in [5, 5.41) is 3.10. The number of ether oxygens (including phenoxy) is 3. The molecule has 1 amide bonds. The SMILES string of the molecule is COc1cc(NC(=O)CCC(=O)c2ccccc2Cl)cc(OC)c1OC. The predicted molar refractivity (Wildman–Crippen MR) is 99.7 cm³/mol. The lowest BCUT2D eigenvalue weighted by molar-refractivity contribution is -0.116. The molecule has 2 aromatic carbocycles. The molecule has 0 aromatic heterocycles. The Balaban J connectivity index is 2.04. The van der Waals surface area contributed by atoms with Gasteiger partial charge in [-0.15, -0.1) is 0 Å². The third kappa shape index (κ3) is 4.67. The first kappa shape index (κ1) is 19.6. The van der Waals surface area contributed by atoms with Crippen molar-refractivity contribution in [1.29, 1.82) is 0 Å². The van der Waals surface area contributed by atoms with Crippen LogP contribution in [0.5, 0.6) is 17.2 Å². The third-order valence-electron chi connectivity index (χ3n) is 3.70. The number of ketones is 1. The maximum Gasteiger partial charge on any atom is 0.224 e. The van der Waals surface area contributed by atoms with Gasteiger partial charge in [-0.05, 0) is 12.1 Å². The van der Waals surface area contributed by atoms with Gasteiger partial charge in [-0.1, -0.05) is 23.7 Å². The number of nitrogens with one attached hydrogen (secondary N) is 1. The second-order valence-electron chi connectivity index (χ2n) is 5.37. The molecule has 0 fully saturated rings. The molecule has 0 saturated carbocycles. The van der Waals surface area contributed by atoms with Crippen LogP contribution in [-0.2, 0) is 4.79 Å². The van der Waals surface area contributed by atoms with Gasteiger partial charge in [0.15, 0.2) is 17.3 Å². The molecule has 0 atom stereocenters. The normalized spacial score (nSPS) is 10.2. The van der Waals surface area contributed by atoms with Gasteiger partial charge in [-0.3, -0.25) is 9.59 Å². The Bertz CT molecular complexity index is 781. The summed E-state index contributed by atoms with van der Waals surface area (Å²) in [6, 6.07) is 10.0. The van der Waals surface area contributed by atoms with Gasteiger partial charge in [0, 0.05) is 36.2 Å². The van der Waals surface area contributed by atoms with Crippen LogP contribution in [0.3, 0.4) is 0 Å². The van der Waals surface area contributed by atoms with Crippen molar-refractivity contribution in [2.75, 3.05) is 26.6 Å². The number of halogens is 1. The molecule has 0 aliphatic heterocycles. The number of benzene rings is 2. The zero-order valence-electron chi connectivity index (χ0n) is 14.8. The monoisotopic (exact) mass is 377 g/mol. The number of carbonyl (C=O) groups is 2. The third-order valence-corrected chi connectivity index (χ3v) is 4.03. The molecule has 2 aromatic rings. The number of methoxy groups -OCH3 is 3. The van der Waals surface area contributed by atoms with Crippen LogP contribution < -0.4 is 19.5 Å². The molecular formula is C19H20ClNO5. The summed E-state index contributed by atoms with van der Waals surface area (Å²) in [4.78, 5) is 24.4. The van der Waals surface area contributed by atoms with Crippen LogP contribution in [0.4, 0.5) is 5.69 Å². The summed E-state index contributed by atoms with van der Waals surface area (Å²) >= 11 is 6.00. The molecule has 6 nitrogen and oxygen atoms in total. The number of amides is 1. The zero-order chi connectivity index (χ0) is 19.1. The van der Waals surface area contributed by atoms with E-state index in [2.05, 4.69) is 5.32 Å². The second-order valence-corrected chi connectivity index (χ2v) is 5.77. The van der Waals surface area contributed by atoms with Gasteiger partial charge in [0.1, 0.15) is 0 Å². The molecule has 1 N–H and O–H groups in total. The highest BCUT2D eigenvalue weighted by molar-refractivity contribution is 6.34. The lowest BCUT2D eigenvalue weighted by Crippen LogP contribution is -2.14. The minimum atomic E-state index is -0.306. The van der Waals surface area contributed by atoms with Crippen molar-refractivity contribution in [3.05, 3.63) is 47.0 Å². The number of hydrogen-bond donors (Lipinski definition) is 1. The summed E-state index contributed by atoms with van der Waals surface area (Å²) in [6.45, 7) is 0. The van der Waals surface area contributed by atoms with Gasteiger partial charge in [-0.25, -0.2) is 0 Å². The summed E-state index contributed by atoms with van der Waals surface area (Å²) in [5.74, 6) is 0.792. The molecule has 26 heavy (non-hydrogen) atoms. The van der Waals surface area contributed by atoms with Crippen molar-refractivity contribution in [1.82, 2.24) is 0 Å². The minimum Gasteiger partial charge on any atom is -0.493 e. The van der Waals surface area contributed by atoms with E-state index in [4.69, 9.17) is 25.8 Å². The van der Waals surface area contributed by atoms with E-state index in [9.17, 15) is 9.59 Å². The van der Waals surface area contributed by atoms with Crippen molar-refractivity contribution in [3.63, 3.8) is 0 Å². The summed E-state index contributed by atoms with van der Waals surface area (Å²) in [6.07, 6.45) is 0.0840. The maximum absolute atomic E-state index is 12.2. The summed E-state index contributed by atoms with van der Waals surface area (Å²) in [5.41, 5.74) is 0.893. The zero-order valence-corrected chi connectivity index (χ0v) is 15.6. The van der Waals surface area contributed by atoms with E-state index in [1.54, 1.807) is 36.4 Å². The number of hydrogen-bond acceptors (Lipinski definition) is 5. The fourth-order valence-electron chi connectivity index (χ4n) is 2.43. The summed E-state index contributed by atoms with van der Waals surface area (Å²) in [7, 11) is 4.48. The van der Waals surface area contributed by atoms with E-state index in [0.29, 0.717) is 33.5 Å². The molecule has 0 aliphatic rings. The van der Waals surface area contributed by atoms with Crippen molar-refractivity contribution < 1.29 is 23.8 Å². The first-order chi connectivity index (χ1) is 12.5. The quantitative estimate of drug-likeness (QED) is 0.704. The minimum absolute atomic E-state index is 0.0285. The highest BCUT2D eigenvalue weighted by Gasteiger charge is 2.16. The standard InChI is InChI=1S/C19H20ClNO5/c1-24-16-10-12(11-17(25-2)19(16)26-3)21-18(23)9-8-15(22)13-6-4-5-7-14(13)20/h4-7,10-11H,8-9H2,1-3H3,(H,21,23). The van der Waals surface area contributed by atoms with E-state index in [-0.39, 0.29) is 24.5 Å². The Morgan fingerprint density at radius 1 is 0.962 bits per heavy atom. The highest BCUT2D eigenvalue weighted by Crippen LogP contribution is 2.39. The van der Waals surface area contributed by atoms with Crippen LogP contribution in [-0.4, -0.2) is 33.0 Å². The average Bonchev–Trinajstić information content (AvgIpc) is 2.65. The number of carbonyl (C=O) groups excluding carboxylic acids is 2. The van der Waals surface area contributed by atoms with Gasteiger partial charge in [0.25, 0.3) is 0 Å². The van der Waals surface area contributed by atoms with Crippen molar-refractivity contribution in [2.24, 2.45) is 0 Å². The molecule has 0 heterocycles. The fraction of sp³-hybridized carbons (Fsp3) is 0.263. The van der Waals surface area contributed by atoms with Crippen molar-refractivity contribution in [2.45, 2.75) is 12.8 Å². The van der Waals surface area contributed by atoms with Crippen LogP contribution >= 0.6 is 11.6 Å². The van der Waals surface area contributed by atoms with Crippen molar-refractivity contribution >= 4 is 29.0 Å². The summed E-state index contributed by atoms with van der Waals surface area (Å²) < 4.78 is 15.7.